The van der Waals surface area contributed by atoms with Crippen LogP contribution in [0.4, 0.5) is 5.82 Å². The van der Waals surface area contributed by atoms with Gasteiger partial charge >= 0.3 is 0 Å². The molecule has 1 aliphatic rings. The van der Waals surface area contributed by atoms with Gasteiger partial charge in [0.2, 0.25) is 0 Å². The molecule has 0 aliphatic carbocycles. The van der Waals surface area contributed by atoms with Crippen LogP contribution >= 0.6 is 0 Å². The Hall–Kier alpha value is -1.23. The van der Waals surface area contributed by atoms with Crippen LogP contribution in [-0.4, -0.2) is 34.3 Å². The van der Waals surface area contributed by atoms with E-state index in [0.717, 1.165) is 31.7 Å². The summed E-state index contributed by atoms with van der Waals surface area (Å²) in [6.07, 6.45) is 5.23. The zero-order chi connectivity index (χ0) is 9.10. The maximum absolute atomic E-state index is 5.80. The Kier molecular flexibility index (Phi) is 2.35. The summed E-state index contributed by atoms with van der Waals surface area (Å²) >= 11 is 0. The molecule has 1 saturated heterocycles. The molecule has 0 aromatic carbocycles. The largest absolute Gasteiger partial charge is 0.354 e. The standard InChI is InChI=1S/C8H13N5/c9-7-1-3-13(4-2-7)8-5-10-6-11-12-8/h5-7H,1-4,9H2. The van der Waals surface area contributed by atoms with Crippen LogP contribution in [0.5, 0.6) is 0 Å². The Morgan fingerprint density at radius 3 is 2.77 bits per heavy atom. The van der Waals surface area contributed by atoms with Gasteiger partial charge in [-0.2, -0.15) is 0 Å². The average Bonchev–Trinajstić information content (AvgIpc) is 2.20. The van der Waals surface area contributed by atoms with Crippen molar-refractivity contribution in [3.8, 4) is 0 Å². The first-order chi connectivity index (χ1) is 6.36. The molecular formula is C8H13N5. The van der Waals surface area contributed by atoms with Crippen molar-refractivity contribution in [2.45, 2.75) is 18.9 Å². The Labute approximate surface area is 77.0 Å². The van der Waals surface area contributed by atoms with E-state index >= 15 is 0 Å². The molecule has 13 heavy (non-hydrogen) atoms. The maximum atomic E-state index is 5.80. The summed E-state index contributed by atoms with van der Waals surface area (Å²) in [5.74, 6) is 0.856. The summed E-state index contributed by atoms with van der Waals surface area (Å²) in [6.45, 7) is 1.92. The SMILES string of the molecule is NC1CCN(c2cncnn2)CC1. The minimum atomic E-state index is 0.348. The third-order valence-corrected chi connectivity index (χ3v) is 2.33. The zero-order valence-corrected chi connectivity index (χ0v) is 7.43. The highest BCUT2D eigenvalue weighted by Gasteiger charge is 2.17. The van der Waals surface area contributed by atoms with E-state index in [9.17, 15) is 0 Å². The smallest absolute Gasteiger partial charge is 0.169 e. The first-order valence-corrected chi connectivity index (χ1v) is 4.49. The first kappa shape index (κ1) is 8.37. The summed E-state index contributed by atoms with van der Waals surface area (Å²) in [4.78, 5) is 6.10. The summed E-state index contributed by atoms with van der Waals surface area (Å²) in [5.41, 5.74) is 5.80. The van der Waals surface area contributed by atoms with Crippen LogP contribution in [0.15, 0.2) is 12.5 Å². The second-order valence-corrected chi connectivity index (χ2v) is 3.29. The van der Waals surface area contributed by atoms with Crippen molar-refractivity contribution < 1.29 is 0 Å². The summed E-state index contributed by atoms with van der Waals surface area (Å²) < 4.78 is 0. The van der Waals surface area contributed by atoms with Crippen LogP contribution in [0.1, 0.15) is 12.8 Å². The van der Waals surface area contributed by atoms with Gasteiger partial charge in [-0.25, -0.2) is 4.98 Å². The van der Waals surface area contributed by atoms with E-state index in [0.29, 0.717) is 6.04 Å². The monoisotopic (exact) mass is 179 g/mol. The number of aromatic nitrogens is 3. The first-order valence-electron chi connectivity index (χ1n) is 4.49. The topological polar surface area (TPSA) is 67.9 Å². The predicted molar refractivity (Wildman–Crippen MR) is 49.2 cm³/mol. The molecule has 2 N–H and O–H groups in total. The van der Waals surface area contributed by atoms with Crippen molar-refractivity contribution in [2.75, 3.05) is 18.0 Å². The number of piperidine rings is 1. The number of anilines is 1. The third-order valence-electron chi connectivity index (χ3n) is 2.33. The molecule has 1 aromatic heterocycles. The van der Waals surface area contributed by atoms with E-state index in [-0.39, 0.29) is 0 Å². The molecule has 1 aliphatic heterocycles. The Balaban J connectivity index is 2.03. The predicted octanol–water partition coefficient (Wildman–Crippen LogP) is -0.201. The lowest BCUT2D eigenvalue weighted by molar-refractivity contribution is 0.497. The Bertz CT molecular complexity index is 254. The van der Waals surface area contributed by atoms with Crippen molar-refractivity contribution in [1.29, 1.82) is 0 Å². The van der Waals surface area contributed by atoms with Crippen LogP contribution in [0.2, 0.25) is 0 Å². The molecule has 0 saturated carbocycles. The van der Waals surface area contributed by atoms with Gasteiger partial charge in [-0.15, -0.1) is 10.2 Å². The number of nitrogens with two attached hydrogens (primary N) is 1. The highest BCUT2D eigenvalue weighted by molar-refractivity contribution is 5.34. The molecule has 2 rings (SSSR count). The van der Waals surface area contributed by atoms with E-state index in [1.807, 2.05) is 0 Å². The molecule has 1 aromatic rings. The van der Waals surface area contributed by atoms with Crippen molar-refractivity contribution >= 4 is 5.82 Å². The number of hydrogen-bond acceptors (Lipinski definition) is 5. The fraction of sp³-hybridized carbons (Fsp3) is 0.625. The molecule has 0 amide bonds. The molecular weight excluding hydrogens is 166 g/mol. The molecule has 0 bridgehead atoms. The molecule has 5 nitrogen and oxygen atoms in total. The van der Waals surface area contributed by atoms with Crippen LogP contribution in [0.3, 0.4) is 0 Å². The van der Waals surface area contributed by atoms with Gasteiger partial charge in [-0.3, -0.25) is 0 Å². The van der Waals surface area contributed by atoms with Crippen LogP contribution < -0.4 is 10.6 Å². The zero-order valence-electron chi connectivity index (χ0n) is 7.43. The minimum Gasteiger partial charge on any atom is -0.354 e. The lowest BCUT2D eigenvalue weighted by Crippen LogP contribution is -2.40. The molecule has 0 atom stereocenters. The number of rotatable bonds is 1. The van der Waals surface area contributed by atoms with E-state index in [1.165, 1.54) is 6.33 Å². The second-order valence-electron chi connectivity index (χ2n) is 3.29. The fourth-order valence-electron chi connectivity index (χ4n) is 1.51. The molecule has 0 unspecified atom stereocenters. The van der Waals surface area contributed by atoms with Crippen molar-refractivity contribution in [1.82, 2.24) is 15.2 Å². The third kappa shape index (κ3) is 1.92. The molecule has 2 heterocycles. The number of nitrogens with zero attached hydrogens (tertiary/aromatic N) is 4. The summed E-state index contributed by atoms with van der Waals surface area (Å²) in [7, 11) is 0. The van der Waals surface area contributed by atoms with Gasteiger partial charge in [0.25, 0.3) is 0 Å². The molecule has 0 radical (unpaired) electrons. The van der Waals surface area contributed by atoms with Gasteiger partial charge in [-0.1, -0.05) is 0 Å². The van der Waals surface area contributed by atoms with E-state index in [2.05, 4.69) is 20.1 Å². The Morgan fingerprint density at radius 1 is 1.38 bits per heavy atom. The van der Waals surface area contributed by atoms with Gasteiger partial charge in [0, 0.05) is 19.1 Å². The van der Waals surface area contributed by atoms with Crippen LogP contribution in [0, 0.1) is 0 Å². The van der Waals surface area contributed by atoms with Crippen molar-refractivity contribution in [3.63, 3.8) is 0 Å². The fourth-order valence-corrected chi connectivity index (χ4v) is 1.51. The van der Waals surface area contributed by atoms with Gasteiger partial charge < -0.3 is 10.6 Å². The molecule has 5 heteroatoms. The maximum Gasteiger partial charge on any atom is 0.169 e. The number of hydrogen-bond donors (Lipinski definition) is 1. The molecule has 70 valence electrons. The van der Waals surface area contributed by atoms with E-state index < -0.39 is 0 Å². The van der Waals surface area contributed by atoms with E-state index in [1.54, 1.807) is 6.20 Å². The normalized spacial score (nSPS) is 19.0. The van der Waals surface area contributed by atoms with Gasteiger partial charge in [0.15, 0.2) is 5.82 Å². The lowest BCUT2D eigenvalue weighted by Gasteiger charge is -2.30. The summed E-state index contributed by atoms with van der Waals surface area (Å²) in [5, 5.41) is 7.74. The van der Waals surface area contributed by atoms with Gasteiger partial charge in [-0.05, 0) is 12.8 Å². The molecule has 0 spiro atoms. The average molecular weight is 179 g/mol. The lowest BCUT2D eigenvalue weighted by atomic mass is 10.1. The molecule has 1 fully saturated rings. The second kappa shape index (κ2) is 3.66. The summed E-state index contributed by atoms with van der Waals surface area (Å²) in [6, 6.07) is 0.348. The minimum absolute atomic E-state index is 0.348. The Morgan fingerprint density at radius 2 is 2.15 bits per heavy atom. The highest BCUT2D eigenvalue weighted by Crippen LogP contribution is 2.14. The highest BCUT2D eigenvalue weighted by atomic mass is 15.3. The van der Waals surface area contributed by atoms with Crippen LogP contribution in [0.25, 0.3) is 0 Å². The van der Waals surface area contributed by atoms with Gasteiger partial charge in [0.1, 0.15) is 6.33 Å². The van der Waals surface area contributed by atoms with Crippen LogP contribution in [-0.2, 0) is 0 Å². The van der Waals surface area contributed by atoms with Gasteiger partial charge in [0.05, 0.1) is 6.20 Å². The quantitative estimate of drug-likeness (QED) is 0.646. The van der Waals surface area contributed by atoms with Crippen molar-refractivity contribution in [3.05, 3.63) is 12.5 Å². The van der Waals surface area contributed by atoms with E-state index in [4.69, 9.17) is 5.73 Å². The van der Waals surface area contributed by atoms with Crippen molar-refractivity contribution in [2.24, 2.45) is 5.73 Å².